The van der Waals surface area contributed by atoms with Crippen LogP contribution in [0.1, 0.15) is 35.3 Å². The van der Waals surface area contributed by atoms with E-state index in [1.54, 1.807) is 0 Å². The summed E-state index contributed by atoms with van der Waals surface area (Å²) in [6.45, 7) is 0. The second-order valence-electron chi connectivity index (χ2n) is 15.0. The molecule has 2 aliphatic carbocycles. The zero-order valence-electron chi connectivity index (χ0n) is 29.7. The minimum Gasteiger partial charge on any atom is -0.460 e. The molecule has 10 aromatic rings. The molecule has 0 atom stereocenters. The number of fused-ring (bicyclic) bond motifs is 11. The van der Waals surface area contributed by atoms with E-state index in [-0.39, 0.29) is 0 Å². The van der Waals surface area contributed by atoms with Gasteiger partial charge in [-0.15, -0.1) is 0 Å². The van der Waals surface area contributed by atoms with E-state index in [0.717, 1.165) is 70.1 Å². The van der Waals surface area contributed by atoms with Gasteiger partial charge in [-0.3, -0.25) is 0 Å². The molecule has 0 radical (unpaired) electrons. The molecule has 2 heteroatoms. The van der Waals surface area contributed by atoms with Crippen molar-refractivity contribution in [3.05, 3.63) is 168 Å². The second kappa shape index (κ2) is 11.4. The van der Waals surface area contributed by atoms with Crippen molar-refractivity contribution >= 4 is 77.4 Å². The molecule has 2 aromatic heterocycles. The Morgan fingerprint density at radius 1 is 0.407 bits per heavy atom. The van der Waals surface area contributed by atoms with Crippen LogP contribution in [-0.2, 0) is 12.8 Å². The molecule has 0 saturated carbocycles. The van der Waals surface area contributed by atoms with Gasteiger partial charge in [-0.05, 0) is 126 Å². The van der Waals surface area contributed by atoms with Gasteiger partial charge < -0.3 is 8.83 Å². The number of furan rings is 2. The molecule has 2 nitrogen and oxygen atoms in total. The number of benzene rings is 8. The summed E-state index contributed by atoms with van der Waals surface area (Å²) in [5, 5.41) is 10.9. The standard InChI is InChI=1S/C52H34O2/c1-2-10-34-27-37(22-19-31(34)9-1)51-41-14-5-3-12-39(41)50(40-13-4-6-15-42(40)51)33-20-17-32(18-21-33)35-23-25-43-48(29-35)54-47-26-24-36-28-45-38-11-7-8-16-46(38)53-49(45)30-44(36)52(43)47/h1,3-7,9,11-15,17-30H,2,8,10,16H2. The van der Waals surface area contributed by atoms with Crippen LogP contribution in [0, 0.1) is 0 Å². The van der Waals surface area contributed by atoms with Crippen molar-refractivity contribution in [1.29, 1.82) is 0 Å². The molecule has 0 bridgehead atoms. The normalized spacial score (nSPS) is 13.9. The van der Waals surface area contributed by atoms with E-state index >= 15 is 0 Å². The van der Waals surface area contributed by atoms with Crippen molar-refractivity contribution in [2.45, 2.75) is 25.7 Å². The van der Waals surface area contributed by atoms with Gasteiger partial charge in [0.15, 0.2) is 0 Å². The van der Waals surface area contributed by atoms with Gasteiger partial charge in [-0.2, -0.15) is 0 Å². The van der Waals surface area contributed by atoms with E-state index < -0.39 is 0 Å². The van der Waals surface area contributed by atoms with Gasteiger partial charge in [-0.1, -0.05) is 127 Å². The Labute approximate surface area is 312 Å². The minimum absolute atomic E-state index is 0.895. The van der Waals surface area contributed by atoms with E-state index in [1.165, 1.54) is 76.6 Å². The summed E-state index contributed by atoms with van der Waals surface area (Å²) in [6.07, 6.45) is 13.2. The fraction of sp³-hybridized carbons (Fsp3) is 0.0769. The molecule has 0 unspecified atom stereocenters. The summed E-state index contributed by atoms with van der Waals surface area (Å²) in [7, 11) is 0. The number of hydrogen-bond donors (Lipinski definition) is 0. The smallest absolute Gasteiger partial charge is 0.136 e. The van der Waals surface area contributed by atoms with Gasteiger partial charge in [0, 0.05) is 28.1 Å². The van der Waals surface area contributed by atoms with Crippen LogP contribution in [0.15, 0.2) is 154 Å². The van der Waals surface area contributed by atoms with Gasteiger partial charge in [0.1, 0.15) is 22.5 Å². The molecule has 54 heavy (non-hydrogen) atoms. The highest BCUT2D eigenvalue weighted by molar-refractivity contribution is 6.22. The molecule has 254 valence electrons. The van der Waals surface area contributed by atoms with Crippen LogP contribution in [-0.4, -0.2) is 0 Å². The molecule has 2 heterocycles. The summed E-state index contributed by atoms with van der Waals surface area (Å²) in [6, 6.07) is 49.4. The summed E-state index contributed by atoms with van der Waals surface area (Å²) < 4.78 is 12.9. The van der Waals surface area contributed by atoms with Gasteiger partial charge in [-0.25, -0.2) is 0 Å². The Hall–Kier alpha value is -6.64. The third-order valence-electron chi connectivity index (χ3n) is 11.9. The van der Waals surface area contributed by atoms with Crippen LogP contribution in [0.2, 0.25) is 0 Å². The third kappa shape index (κ3) is 4.40. The van der Waals surface area contributed by atoms with Crippen molar-refractivity contribution < 1.29 is 8.83 Å². The first-order valence-corrected chi connectivity index (χ1v) is 19.1. The highest BCUT2D eigenvalue weighted by Gasteiger charge is 2.20. The highest BCUT2D eigenvalue weighted by Crippen LogP contribution is 2.45. The molecular formula is C52H34O2. The molecule has 0 N–H and O–H groups in total. The summed E-state index contributed by atoms with van der Waals surface area (Å²) in [5.74, 6) is 1.09. The average molecular weight is 691 g/mol. The predicted molar refractivity (Wildman–Crippen MR) is 227 cm³/mol. The van der Waals surface area contributed by atoms with Crippen molar-refractivity contribution in [1.82, 2.24) is 0 Å². The molecule has 0 aliphatic heterocycles. The lowest BCUT2D eigenvalue weighted by Crippen LogP contribution is -1.96. The first-order valence-electron chi connectivity index (χ1n) is 19.1. The SMILES string of the molecule is C1=Cc2ccc(-c3c4ccccc4c(-c4ccc(-c5ccc6c(c5)oc5ccc7cc8c9c(oc8cc7c56)CCC=C9)cc4)c4ccccc34)cc2CC1. The van der Waals surface area contributed by atoms with E-state index in [1.807, 2.05) is 0 Å². The Kier molecular flexibility index (Phi) is 6.32. The van der Waals surface area contributed by atoms with E-state index in [4.69, 9.17) is 8.83 Å². The van der Waals surface area contributed by atoms with Crippen molar-refractivity contribution in [3.63, 3.8) is 0 Å². The van der Waals surface area contributed by atoms with Gasteiger partial charge in [0.05, 0.1) is 0 Å². The minimum atomic E-state index is 0.895. The second-order valence-corrected chi connectivity index (χ2v) is 15.0. The topological polar surface area (TPSA) is 26.3 Å². The first-order chi connectivity index (χ1) is 26.7. The lowest BCUT2D eigenvalue weighted by Gasteiger charge is -2.19. The molecule has 0 spiro atoms. The fourth-order valence-corrected chi connectivity index (χ4v) is 9.39. The predicted octanol–water partition coefficient (Wildman–Crippen LogP) is 14.7. The average Bonchev–Trinajstić information content (AvgIpc) is 3.79. The number of allylic oxidation sites excluding steroid dienone is 2. The summed E-state index contributed by atoms with van der Waals surface area (Å²) in [5.41, 5.74) is 14.1. The van der Waals surface area contributed by atoms with Crippen molar-refractivity contribution in [3.8, 4) is 33.4 Å². The zero-order valence-corrected chi connectivity index (χ0v) is 29.7. The zero-order chi connectivity index (χ0) is 35.3. The summed E-state index contributed by atoms with van der Waals surface area (Å²) >= 11 is 0. The molecular weight excluding hydrogens is 657 g/mol. The molecule has 12 rings (SSSR count). The molecule has 0 fully saturated rings. The van der Waals surface area contributed by atoms with E-state index in [2.05, 4.69) is 158 Å². The molecule has 2 aliphatic rings. The van der Waals surface area contributed by atoms with E-state index in [0.29, 0.717) is 0 Å². The van der Waals surface area contributed by atoms with Crippen molar-refractivity contribution in [2.75, 3.05) is 0 Å². The Balaban J connectivity index is 0.965. The number of aryl methyl sites for hydroxylation is 2. The Bertz CT molecular complexity index is 3200. The van der Waals surface area contributed by atoms with Gasteiger partial charge in [0.25, 0.3) is 0 Å². The fourth-order valence-electron chi connectivity index (χ4n) is 9.39. The van der Waals surface area contributed by atoms with Gasteiger partial charge in [0.2, 0.25) is 0 Å². The van der Waals surface area contributed by atoms with Crippen LogP contribution in [0.5, 0.6) is 0 Å². The van der Waals surface area contributed by atoms with Crippen LogP contribution < -0.4 is 0 Å². The van der Waals surface area contributed by atoms with Crippen LogP contribution in [0.3, 0.4) is 0 Å². The van der Waals surface area contributed by atoms with Crippen LogP contribution in [0.4, 0.5) is 0 Å². The van der Waals surface area contributed by atoms with Crippen molar-refractivity contribution in [2.24, 2.45) is 0 Å². The first kappa shape index (κ1) is 29.9. The summed E-state index contributed by atoms with van der Waals surface area (Å²) in [4.78, 5) is 0. The largest absolute Gasteiger partial charge is 0.460 e. The maximum Gasteiger partial charge on any atom is 0.136 e. The van der Waals surface area contributed by atoms with Gasteiger partial charge >= 0.3 is 0 Å². The highest BCUT2D eigenvalue weighted by atomic mass is 16.3. The quantitative estimate of drug-likeness (QED) is 0.173. The molecule has 8 aromatic carbocycles. The number of rotatable bonds is 3. The Morgan fingerprint density at radius 2 is 1.07 bits per heavy atom. The van der Waals surface area contributed by atoms with E-state index in [9.17, 15) is 0 Å². The van der Waals surface area contributed by atoms with Crippen LogP contribution in [0.25, 0.3) is 111 Å². The number of hydrogen-bond acceptors (Lipinski definition) is 2. The maximum absolute atomic E-state index is 6.54. The Morgan fingerprint density at radius 3 is 1.87 bits per heavy atom. The lowest BCUT2D eigenvalue weighted by molar-refractivity contribution is 0.546. The maximum atomic E-state index is 6.54. The monoisotopic (exact) mass is 690 g/mol. The van der Waals surface area contributed by atoms with Crippen LogP contribution >= 0.6 is 0 Å². The molecule has 0 amide bonds. The third-order valence-corrected chi connectivity index (χ3v) is 11.9. The lowest BCUT2D eigenvalue weighted by atomic mass is 9.84. The molecule has 0 saturated heterocycles.